The van der Waals surface area contributed by atoms with Crippen LogP contribution in [-0.2, 0) is 0 Å². The van der Waals surface area contributed by atoms with E-state index in [4.69, 9.17) is 17.3 Å². The molecule has 2 aromatic rings. The molecule has 0 heterocycles. The first-order valence-electron chi connectivity index (χ1n) is 5.82. The predicted octanol–water partition coefficient (Wildman–Crippen LogP) is 4.85. The van der Waals surface area contributed by atoms with Crippen molar-refractivity contribution in [3.8, 4) is 5.75 Å². The fourth-order valence-corrected chi connectivity index (χ4v) is 2.04. The van der Waals surface area contributed by atoms with Gasteiger partial charge in [0.1, 0.15) is 11.6 Å². The lowest BCUT2D eigenvalue weighted by Gasteiger charge is -2.15. The van der Waals surface area contributed by atoms with E-state index < -0.39 is 18.2 Å². The van der Waals surface area contributed by atoms with Crippen molar-refractivity contribution in [1.29, 1.82) is 0 Å². The van der Waals surface area contributed by atoms with Crippen molar-refractivity contribution >= 4 is 24.0 Å². The molecular formula is C14H11Cl2F4NO. The van der Waals surface area contributed by atoms with Gasteiger partial charge >= 0.3 is 6.36 Å². The Hall–Kier alpha value is -1.50. The fourth-order valence-electron chi connectivity index (χ4n) is 1.81. The molecule has 0 aliphatic rings. The van der Waals surface area contributed by atoms with E-state index in [1.807, 2.05) is 0 Å². The van der Waals surface area contributed by atoms with Crippen molar-refractivity contribution in [2.24, 2.45) is 5.73 Å². The van der Waals surface area contributed by atoms with Gasteiger partial charge in [-0.25, -0.2) is 4.39 Å². The van der Waals surface area contributed by atoms with Gasteiger partial charge in [-0.3, -0.25) is 0 Å². The van der Waals surface area contributed by atoms with Gasteiger partial charge in [0, 0.05) is 5.02 Å². The number of rotatable bonds is 3. The molecule has 0 aliphatic carbocycles. The summed E-state index contributed by atoms with van der Waals surface area (Å²) in [6.45, 7) is 0. The number of ether oxygens (including phenoxy) is 1. The van der Waals surface area contributed by atoms with E-state index in [9.17, 15) is 17.6 Å². The van der Waals surface area contributed by atoms with Gasteiger partial charge in [0.15, 0.2) is 0 Å². The molecule has 2 rings (SSSR count). The van der Waals surface area contributed by atoms with Crippen LogP contribution in [0, 0.1) is 5.82 Å². The second-order valence-electron chi connectivity index (χ2n) is 4.26. The van der Waals surface area contributed by atoms with Crippen molar-refractivity contribution in [2.75, 3.05) is 0 Å². The van der Waals surface area contributed by atoms with Gasteiger partial charge in [0.25, 0.3) is 0 Å². The molecule has 0 spiro atoms. The van der Waals surface area contributed by atoms with Gasteiger partial charge in [-0.05, 0) is 41.5 Å². The van der Waals surface area contributed by atoms with Crippen LogP contribution in [0.3, 0.4) is 0 Å². The molecule has 1 atom stereocenters. The fraction of sp³-hybridized carbons (Fsp3) is 0.143. The van der Waals surface area contributed by atoms with Crippen molar-refractivity contribution < 1.29 is 22.3 Å². The van der Waals surface area contributed by atoms with Gasteiger partial charge in [0.2, 0.25) is 0 Å². The van der Waals surface area contributed by atoms with Crippen molar-refractivity contribution in [3.63, 3.8) is 0 Å². The van der Waals surface area contributed by atoms with Crippen LogP contribution in [0.1, 0.15) is 17.2 Å². The van der Waals surface area contributed by atoms with Crippen molar-refractivity contribution in [1.82, 2.24) is 0 Å². The number of hydrogen-bond donors (Lipinski definition) is 1. The first kappa shape index (κ1) is 18.5. The number of halogens is 6. The quantitative estimate of drug-likeness (QED) is 0.799. The molecule has 0 amide bonds. The highest BCUT2D eigenvalue weighted by atomic mass is 35.5. The third kappa shape index (κ3) is 4.76. The maximum absolute atomic E-state index is 13.2. The van der Waals surface area contributed by atoms with E-state index in [2.05, 4.69) is 4.74 Å². The molecule has 0 fully saturated rings. The molecule has 2 N–H and O–H groups in total. The van der Waals surface area contributed by atoms with E-state index in [1.54, 1.807) is 0 Å². The summed E-state index contributed by atoms with van der Waals surface area (Å²) in [5, 5.41) is 0.277. The van der Waals surface area contributed by atoms with E-state index in [0.717, 1.165) is 12.1 Å². The Bertz CT molecular complexity index is 632. The maximum atomic E-state index is 13.2. The lowest BCUT2D eigenvalue weighted by atomic mass is 9.99. The topological polar surface area (TPSA) is 35.2 Å². The number of hydrogen-bond acceptors (Lipinski definition) is 2. The second kappa shape index (κ2) is 7.17. The average Bonchev–Trinajstić information content (AvgIpc) is 2.40. The molecule has 0 aliphatic heterocycles. The van der Waals surface area contributed by atoms with Gasteiger partial charge in [-0.15, -0.1) is 25.6 Å². The molecular weight excluding hydrogens is 345 g/mol. The third-order valence-electron chi connectivity index (χ3n) is 2.77. The Kier molecular flexibility index (Phi) is 6.05. The third-order valence-corrected chi connectivity index (χ3v) is 3.11. The maximum Gasteiger partial charge on any atom is 0.573 e. The highest BCUT2D eigenvalue weighted by Crippen LogP contribution is 2.29. The SMILES string of the molecule is Cl.N[C@@H](c1ccc(OC(F)(F)F)cc1)c1cc(F)ccc1Cl. The summed E-state index contributed by atoms with van der Waals surface area (Å²) in [7, 11) is 0. The van der Waals surface area contributed by atoms with Gasteiger partial charge < -0.3 is 10.5 Å². The monoisotopic (exact) mass is 355 g/mol. The summed E-state index contributed by atoms with van der Waals surface area (Å²) in [6.07, 6.45) is -4.75. The molecule has 8 heteroatoms. The molecule has 0 unspecified atom stereocenters. The minimum Gasteiger partial charge on any atom is -0.406 e. The summed E-state index contributed by atoms with van der Waals surface area (Å²) >= 11 is 5.94. The van der Waals surface area contributed by atoms with Crippen molar-refractivity contribution in [3.05, 3.63) is 64.4 Å². The zero-order valence-corrected chi connectivity index (χ0v) is 12.5. The molecule has 0 bridgehead atoms. The molecule has 2 aromatic carbocycles. The zero-order chi connectivity index (χ0) is 15.6. The Morgan fingerprint density at radius 3 is 2.18 bits per heavy atom. The van der Waals surface area contributed by atoms with Gasteiger partial charge in [-0.1, -0.05) is 23.7 Å². The molecule has 22 heavy (non-hydrogen) atoms. The number of alkyl halides is 3. The lowest BCUT2D eigenvalue weighted by molar-refractivity contribution is -0.274. The second-order valence-corrected chi connectivity index (χ2v) is 4.67. The summed E-state index contributed by atoms with van der Waals surface area (Å²) in [5.41, 5.74) is 6.78. The van der Waals surface area contributed by atoms with E-state index in [0.29, 0.717) is 11.1 Å². The Labute approximate surface area is 135 Å². The molecule has 0 saturated carbocycles. The first-order chi connectivity index (χ1) is 9.76. The molecule has 0 radical (unpaired) electrons. The zero-order valence-electron chi connectivity index (χ0n) is 10.9. The highest BCUT2D eigenvalue weighted by Gasteiger charge is 2.31. The number of nitrogens with two attached hydrogens (primary N) is 1. The molecule has 2 nitrogen and oxygen atoms in total. The van der Waals surface area contributed by atoms with Crippen LogP contribution in [0.5, 0.6) is 5.75 Å². The van der Waals surface area contributed by atoms with Crippen LogP contribution >= 0.6 is 24.0 Å². The van der Waals surface area contributed by atoms with Crippen molar-refractivity contribution in [2.45, 2.75) is 12.4 Å². The van der Waals surface area contributed by atoms with Crippen LogP contribution in [0.4, 0.5) is 17.6 Å². The Morgan fingerprint density at radius 1 is 1.05 bits per heavy atom. The van der Waals surface area contributed by atoms with Crippen LogP contribution in [0.25, 0.3) is 0 Å². The smallest absolute Gasteiger partial charge is 0.406 e. The van der Waals surface area contributed by atoms with Crippen LogP contribution < -0.4 is 10.5 Å². The van der Waals surface area contributed by atoms with Crippen LogP contribution in [0.15, 0.2) is 42.5 Å². The average molecular weight is 356 g/mol. The molecule has 0 aromatic heterocycles. The normalized spacial score (nSPS) is 12.5. The number of benzene rings is 2. The van der Waals surface area contributed by atoms with E-state index in [1.165, 1.54) is 30.3 Å². The first-order valence-corrected chi connectivity index (χ1v) is 6.20. The Balaban J connectivity index is 0.00000242. The molecule has 0 saturated heterocycles. The largest absolute Gasteiger partial charge is 0.573 e. The van der Waals surface area contributed by atoms with Gasteiger partial charge in [-0.2, -0.15) is 0 Å². The van der Waals surface area contributed by atoms with Crippen LogP contribution in [-0.4, -0.2) is 6.36 Å². The van der Waals surface area contributed by atoms with E-state index in [-0.39, 0.29) is 23.2 Å². The Morgan fingerprint density at radius 2 is 1.64 bits per heavy atom. The summed E-state index contributed by atoms with van der Waals surface area (Å²) in [6, 6.07) is 8.00. The predicted molar refractivity (Wildman–Crippen MR) is 77.8 cm³/mol. The minimum absolute atomic E-state index is 0. The summed E-state index contributed by atoms with van der Waals surface area (Å²) < 4.78 is 53.1. The highest BCUT2D eigenvalue weighted by molar-refractivity contribution is 6.31. The van der Waals surface area contributed by atoms with Gasteiger partial charge in [0.05, 0.1) is 6.04 Å². The molecule has 120 valence electrons. The summed E-state index contributed by atoms with van der Waals surface area (Å²) in [4.78, 5) is 0. The minimum atomic E-state index is -4.75. The van der Waals surface area contributed by atoms with Crippen LogP contribution in [0.2, 0.25) is 5.02 Å². The standard InChI is InChI=1S/C14H10ClF4NO.ClH/c15-12-6-3-9(16)7-11(12)13(20)8-1-4-10(5-2-8)21-14(17,18)19;/h1-7,13H,20H2;1H/t13-;/m0./s1. The van der Waals surface area contributed by atoms with E-state index >= 15 is 0 Å². The lowest BCUT2D eigenvalue weighted by Crippen LogP contribution is -2.17. The summed E-state index contributed by atoms with van der Waals surface area (Å²) in [5.74, 6) is -0.856.